The zero-order chi connectivity index (χ0) is 9.38. The largest absolute Gasteiger partial charge is 0.312 e. The molecule has 3 aliphatic rings. The molecular formula is C12H15NS. The third kappa shape index (κ3) is 1.38. The van der Waals surface area contributed by atoms with E-state index in [0.717, 1.165) is 5.92 Å². The lowest BCUT2D eigenvalue weighted by Crippen LogP contribution is -2.36. The molecule has 2 heterocycles. The normalized spacial score (nSPS) is 40.0. The summed E-state index contributed by atoms with van der Waals surface area (Å²) in [4.78, 5) is 0. The van der Waals surface area contributed by atoms with E-state index in [2.05, 4.69) is 41.0 Å². The van der Waals surface area contributed by atoms with Gasteiger partial charge in [-0.15, -0.1) is 5.73 Å². The van der Waals surface area contributed by atoms with E-state index in [1.54, 1.807) is 5.57 Å². The molecule has 0 aromatic carbocycles. The maximum atomic E-state index is 3.67. The minimum Gasteiger partial charge on any atom is -0.312 e. The van der Waals surface area contributed by atoms with Crippen molar-refractivity contribution in [1.29, 1.82) is 0 Å². The number of hydrogen-bond donors (Lipinski definition) is 1. The highest BCUT2D eigenvalue weighted by molar-refractivity contribution is 7.99. The molecule has 0 saturated carbocycles. The summed E-state index contributed by atoms with van der Waals surface area (Å²) in [6.07, 6.45) is 7.96. The summed E-state index contributed by atoms with van der Waals surface area (Å²) in [5.41, 5.74) is 4.90. The van der Waals surface area contributed by atoms with Gasteiger partial charge in [0, 0.05) is 17.7 Å². The Labute approximate surface area is 89.3 Å². The standard InChI is InChI=1S/C12H15NS/c1-2-4-11-10(3-1)9-5-6-13-12(11)8-14-7-9/h1,3-4,9,11-13H,5-8H2. The van der Waals surface area contributed by atoms with Gasteiger partial charge in [-0.1, -0.05) is 11.6 Å². The molecule has 2 heteroatoms. The molecule has 1 nitrogen and oxygen atoms in total. The van der Waals surface area contributed by atoms with Gasteiger partial charge in [-0.2, -0.15) is 11.8 Å². The molecule has 74 valence electrons. The number of allylic oxidation sites excluding steroid dienone is 1. The first kappa shape index (κ1) is 8.84. The molecule has 0 aromatic rings. The van der Waals surface area contributed by atoms with E-state index in [9.17, 15) is 0 Å². The van der Waals surface area contributed by atoms with Gasteiger partial charge >= 0.3 is 0 Å². The first-order chi connectivity index (χ1) is 6.95. The average Bonchev–Trinajstić information content (AvgIpc) is 2.44. The van der Waals surface area contributed by atoms with Crippen molar-refractivity contribution in [2.24, 2.45) is 11.8 Å². The van der Waals surface area contributed by atoms with Crippen molar-refractivity contribution in [3.63, 3.8) is 0 Å². The highest BCUT2D eigenvalue weighted by atomic mass is 32.2. The van der Waals surface area contributed by atoms with Crippen LogP contribution in [0.4, 0.5) is 0 Å². The van der Waals surface area contributed by atoms with Crippen LogP contribution in [0.3, 0.4) is 0 Å². The number of thioether (sulfide) groups is 1. The quantitative estimate of drug-likeness (QED) is 0.607. The van der Waals surface area contributed by atoms with Crippen LogP contribution in [0, 0.1) is 11.8 Å². The lowest BCUT2D eigenvalue weighted by Gasteiger charge is -2.23. The summed E-state index contributed by atoms with van der Waals surface area (Å²) in [6.45, 7) is 1.19. The molecule has 2 bridgehead atoms. The summed E-state index contributed by atoms with van der Waals surface area (Å²) < 4.78 is 0. The highest BCUT2D eigenvalue weighted by Gasteiger charge is 2.34. The first-order valence-electron chi connectivity index (χ1n) is 5.39. The van der Waals surface area contributed by atoms with E-state index < -0.39 is 0 Å². The second-order valence-corrected chi connectivity index (χ2v) is 5.35. The van der Waals surface area contributed by atoms with Gasteiger partial charge in [-0.25, -0.2) is 0 Å². The lowest BCUT2D eigenvalue weighted by atomic mass is 9.83. The Kier molecular flexibility index (Phi) is 2.28. The maximum Gasteiger partial charge on any atom is 0.0264 e. The van der Waals surface area contributed by atoms with Crippen molar-refractivity contribution in [2.45, 2.75) is 12.5 Å². The third-order valence-electron chi connectivity index (χ3n) is 3.45. The van der Waals surface area contributed by atoms with E-state index in [1.807, 2.05) is 0 Å². The van der Waals surface area contributed by atoms with Crippen molar-refractivity contribution < 1.29 is 0 Å². The average molecular weight is 205 g/mol. The predicted molar refractivity (Wildman–Crippen MR) is 61.4 cm³/mol. The molecule has 2 aliphatic heterocycles. The van der Waals surface area contributed by atoms with Gasteiger partial charge in [-0.05, 0) is 36.8 Å². The van der Waals surface area contributed by atoms with Crippen LogP contribution in [-0.2, 0) is 0 Å². The number of rotatable bonds is 0. The van der Waals surface area contributed by atoms with Gasteiger partial charge in [0.05, 0.1) is 0 Å². The Hall–Kier alpha value is -0.430. The first-order valence-corrected chi connectivity index (χ1v) is 6.54. The second kappa shape index (κ2) is 3.62. The zero-order valence-electron chi connectivity index (χ0n) is 8.20. The van der Waals surface area contributed by atoms with Gasteiger partial charge in [-0.3, -0.25) is 0 Å². The molecule has 3 rings (SSSR count). The summed E-state index contributed by atoms with van der Waals surface area (Å²) in [7, 11) is 0. The minimum atomic E-state index is 0.627. The Balaban J connectivity index is 2.03. The predicted octanol–water partition coefficient (Wildman–Crippen LogP) is 1.98. The number of hydrogen-bond acceptors (Lipinski definition) is 2. The molecule has 2 fully saturated rings. The van der Waals surface area contributed by atoms with Gasteiger partial charge in [0.2, 0.25) is 0 Å². The summed E-state index contributed by atoms with van der Waals surface area (Å²) >= 11 is 2.11. The fourth-order valence-electron chi connectivity index (χ4n) is 2.68. The van der Waals surface area contributed by atoms with Gasteiger partial charge < -0.3 is 5.32 Å². The monoisotopic (exact) mass is 205 g/mol. The topological polar surface area (TPSA) is 12.0 Å². The second-order valence-electron chi connectivity index (χ2n) is 4.28. The Bertz CT molecular complexity index is 315. The highest BCUT2D eigenvalue weighted by Crippen LogP contribution is 2.37. The molecule has 1 N–H and O–H groups in total. The Morgan fingerprint density at radius 3 is 3.43 bits per heavy atom. The summed E-state index contributed by atoms with van der Waals surface area (Å²) in [5, 5.41) is 3.67. The van der Waals surface area contributed by atoms with Crippen LogP contribution in [0.5, 0.6) is 0 Å². The summed E-state index contributed by atoms with van der Waals surface area (Å²) in [5.74, 6) is 4.01. The molecule has 0 amide bonds. The van der Waals surface area contributed by atoms with E-state index >= 15 is 0 Å². The Morgan fingerprint density at radius 2 is 2.43 bits per heavy atom. The molecule has 0 aromatic heterocycles. The third-order valence-corrected chi connectivity index (χ3v) is 4.69. The molecule has 0 radical (unpaired) electrons. The van der Waals surface area contributed by atoms with Crippen molar-refractivity contribution in [2.75, 3.05) is 18.1 Å². The van der Waals surface area contributed by atoms with E-state index in [4.69, 9.17) is 0 Å². The fourth-order valence-corrected chi connectivity index (χ4v) is 4.04. The smallest absolute Gasteiger partial charge is 0.0264 e. The van der Waals surface area contributed by atoms with Crippen LogP contribution in [-0.4, -0.2) is 24.1 Å². The van der Waals surface area contributed by atoms with Crippen LogP contribution in [0.25, 0.3) is 0 Å². The maximum absolute atomic E-state index is 3.67. The van der Waals surface area contributed by atoms with E-state index in [1.165, 1.54) is 24.5 Å². The minimum absolute atomic E-state index is 0.627. The van der Waals surface area contributed by atoms with E-state index in [-0.39, 0.29) is 0 Å². The molecule has 3 unspecified atom stereocenters. The SMILES string of the molecule is C1=CC=C2C3CCNC(CSC3)C2C=1. The van der Waals surface area contributed by atoms with Crippen molar-refractivity contribution in [3.8, 4) is 0 Å². The molecule has 2 saturated heterocycles. The molecule has 1 aliphatic carbocycles. The van der Waals surface area contributed by atoms with Gasteiger partial charge in [0.25, 0.3) is 0 Å². The van der Waals surface area contributed by atoms with Crippen molar-refractivity contribution in [3.05, 3.63) is 29.5 Å². The van der Waals surface area contributed by atoms with Crippen LogP contribution in [0.1, 0.15) is 6.42 Å². The summed E-state index contributed by atoms with van der Waals surface area (Å²) in [6, 6.07) is 0.653. The van der Waals surface area contributed by atoms with Crippen LogP contribution < -0.4 is 5.32 Å². The lowest BCUT2D eigenvalue weighted by molar-refractivity contribution is 0.511. The fraction of sp³-hybridized carbons (Fsp3) is 0.583. The van der Waals surface area contributed by atoms with Gasteiger partial charge in [0.15, 0.2) is 0 Å². The molecular weight excluding hydrogens is 190 g/mol. The van der Waals surface area contributed by atoms with Crippen LogP contribution >= 0.6 is 11.8 Å². The Morgan fingerprint density at radius 1 is 1.43 bits per heavy atom. The van der Waals surface area contributed by atoms with Crippen LogP contribution in [0.15, 0.2) is 29.5 Å². The van der Waals surface area contributed by atoms with Crippen molar-refractivity contribution in [1.82, 2.24) is 5.32 Å². The molecule has 3 atom stereocenters. The zero-order valence-corrected chi connectivity index (χ0v) is 9.02. The van der Waals surface area contributed by atoms with Crippen LogP contribution in [0.2, 0.25) is 0 Å². The van der Waals surface area contributed by atoms with E-state index in [0.29, 0.717) is 12.0 Å². The van der Waals surface area contributed by atoms with Crippen molar-refractivity contribution >= 4 is 11.8 Å². The molecule has 0 spiro atoms. The molecule has 14 heavy (non-hydrogen) atoms. The van der Waals surface area contributed by atoms with Gasteiger partial charge in [0.1, 0.15) is 0 Å². The number of nitrogens with one attached hydrogen (secondary N) is 1.